The lowest BCUT2D eigenvalue weighted by molar-refractivity contribution is 0.308. The first-order valence-electron chi connectivity index (χ1n) is 7.18. The van der Waals surface area contributed by atoms with Crippen molar-refractivity contribution in [1.82, 2.24) is 10.3 Å². The van der Waals surface area contributed by atoms with E-state index < -0.39 is 0 Å². The van der Waals surface area contributed by atoms with Gasteiger partial charge in [0.15, 0.2) is 11.5 Å². The van der Waals surface area contributed by atoms with Gasteiger partial charge in [-0.15, -0.1) is 0 Å². The van der Waals surface area contributed by atoms with Gasteiger partial charge in [-0.1, -0.05) is 12.1 Å². The van der Waals surface area contributed by atoms with E-state index in [-0.39, 0.29) is 6.04 Å². The van der Waals surface area contributed by atoms with Gasteiger partial charge in [-0.05, 0) is 37.6 Å². The third-order valence-corrected chi connectivity index (χ3v) is 3.37. The van der Waals surface area contributed by atoms with Crippen molar-refractivity contribution in [3.8, 4) is 11.5 Å². The summed E-state index contributed by atoms with van der Waals surface area (Å²) < 4.78 is 11.1. The molecule has 1 aromatic carbocycles. The maximum Gasteiger partial charge on any atom is 0.165 e. The molecule has 4 nitrogen and oxygen atoms in total. The summed E-state index contributed by atoms with van der Waals surface area (Å²) in [5, 5.41) is 3.50. The van der Waals surface area contributed by atoms with E-state index in [9.17, 15) is 0 Å². The van der Waals surface area contributed by atoms with Crippen molar-refractivity contribution in [2.75, 3.05) is 13.7 Å². The minimum atomic E-state index is 0.244. The number of benzene rings is 1. The maximum atomic E-state index is 5.60. The SMILES string of the molecule is CCOc1cccc(CN[C@H](C)c2ccncc2)c1OC. The van der Waals surface area contributed by atoms with E-state index in [4.69, 9.17) is 9.47 Å². The Morgan fingerprint density at radius 3 is 2.62 bits per heavy atom. The summed E-state index contributed by atoms with van der Waals surface area (Å²) in [4.78, 5) is 4.04. The van der Waals surface area contributed by atoms with Crippen molar-refractivity contribution in [3.63, 3.8) is 0 Å². The summed E-state index contributed by atoms with van der Waals surface area (Å²) in [6.07, 6.45) is 3.62. The molecule has 0 radical (unpaired) electrons. The van der Waals surface area contributed by atoms with Gasteiger partial charge in [0.1, 0.15) is 0 Å². The molecule has 2 aromatic rings. The number of para-hydroxylation sites is 1. The Balaban J connectivity index is 2.07. The van der Waals surface area contributed by atoms with Crippen molar-refractivity contribution in [1.29, 1.82) is 0 Å². The summed E-state index contributed by atoms with van der Waals surface area (Å²) in [6.45, 7) is 5.44. The summed E-state index contributed by atoms with van der Waals surface area (Å²) in [6, 6.07) is 10.2. The van der Waals surface area contributed by atoms with Crippen molar-refractivity contribution < 1.29 is 9.47 Å². The van der Waals surface area contributed by atoms with E-state index in [2.05, 4.69) is 17.2 Å². The second-order valence-electron chi connectivity index (χ2n) is 4.76. The molecule has 1 heterocycles. The fourth-order valence-electron chi connectivity index (χ4n) is 2.23. The van der Waals surface area contributed by atoms with Crippen LogP contribution in [0.2, 0.25) is 0 Å². The molecule has 0 fully saturated rings. The lowest BCUT2D eigenvalue weighted by Gasteiger charge is -2.17. The molecule has 0 bridgehead atoms. The van der Waals surface area contributed by atoms with Crippen LogP contribution in [0.5, 0.6) is 11.5 Å². The highest BCUT2D eigenvalue weighted by Crippen LogP contribution is 2.31. The zero-order valence-electron chi connectivity index (χ0n) is 12.8. The highest BCUT2D eigenvalue weighted by Gasteiger charge is 2.11. The van der Waals surface area contributed by atoms with Gasteiger partial charge in [0.05, 0.1) is 13.7 Å². The molecule has 0 spiro atoms. The minimum absolute atomic E-state index is 0.244. The van der Waals surface area contributed by atoms with Gasteiger partial charge < -0.3 is 14.8 Å². The largest absolute Gasteiger partial charge is 0.493 e. The number of aromatic nitrogens is 1. The number of nitrogens with zero attached hydrogens (tertiary/aromatic N) is 1. The van der Waals surface area contributed by atoms with Crippen LogP contribution < -0.4 is 14.8 Å². The van der Waals surface area contributed by atoms with Gasteiger partial charge >= 0.3 is 0 Å². The lowest BCUT2D eigenvalue weighted by atomic mass is 10.1. The molecule has 1 atom stereocenters. The first kappa shape index (κ1) is 15.3. The summed E-state index contributed by atoms with van der Waals surface area (Å²) in [7, 11) is 1.67. The normalized spacial score (nSPS) is 12.0. The molecule has 0 unspecified atom stereocenters. The van der Waals surface area contributed by atoms with E-state index in [1.54, 1.807) is 7.11 Å². The molecule has 0 amide bonds. The quantitative estimate of drug-likeness (QED) is 0.847. The van der Waals surface area contributed by atoms with E-state index in [1.165, 1.54) is 5.56 Å². The molecule has 0 aliphatic rings. The average Bonchev–Trinajstić information content (AvgIpc) is 2.54. The van der Waals surface area contributed by atoms with Gasteiger partial charge in [-0.3, -0.25) is 4.98 Å². The minimum Gasteiger partial charge on any atom is -0.493 e. The number of hydrogen-bond donors (Lipinski definition) is 1. The van der Waals surface area contributed by atoms with Crippen LogP contribution in [-0.2, 0) is 6.54 Å². The molecule has 21 heavy (non-hydrogen) atoms. The highest BCUT2D eigenvalue weighted by molar-refractivity contribution is 5.46. The van der Waals surface area contributed by atoms with Crippen LogP contribution >= 0.6 is 0 Å². The topological polar surface area (TPSA) is 43.4 Å². The Morgan fingerprint density at radius 1 is 1.19 bits per heavy atom. The Kier molecular flexibility index (Phi) is 5.58. The highest BCUT2D eigenvalue weighted by atomic mass is 16.5. The molecule has 1 aromatic heterocycles. The Bertz CT molecular complexity index is 558. The van der Waals surface area contributed by atoms with Crippen LogP contribution in [0, 0.1) is 0 Å². The van der Waals surface area contributed by atoms with Crippen molar-refractivity contribution in [2.45, 2.75) is 26.4 Å². The van der Waals surface area contributed by atoms with Crippen LogP contribution in [0.4, 0.5) is 0 Å². The Labute approximate surface area is 126 Å². The zero-order valence-corrected chi connectivity index (χ0v) is 12.8. The van der Waals surface area contributed by atoms with E-state index in [1.807, 2.05) is 49.6 Å². The predicted octanol–water partition coefficient (Wildman–Crippen LogP) is 3.34. The number of pyridine rings is 1. The van der Waals surface area contributed by atoms with Crippen molar-refractivity contribution >= 4 is 0 Å². The molecule has 0 aliphatic carbocycles. The third kappa shape index (κ3) is 3.95. The molecule has 0 aliphatic heterocycles. The monoisotopic (exact) mass is 286 g/mol. The summed E-state index contributed by atoms with van der Waals surface area (Å²) >= 11 is 0. The van der Waals surface area contributed by atoms with Crippen LogP contribution in [0.15, 0.2) is 42.7 Å². The summed E-state index contributed by atoms with van der Waals surface area (Å²) in [5.74, 6) is 1.59. The van der Waals surface area contributed by atoms with Crippen LogP contribution in [0.3, 0.4) is 0 Å². The van der Waals surface area contributed by atoms with Crippen molar-refractivity contribution in [2.24, 2.45) is 0 Å². The van der Waals surface area contributed by atoms with E-state index in [0.29, 0.717) is 13.2 Å². The number of rotatable bonds is 7. The third-order valence-electron chi connectivity index (χ3n) is 3.37. The van der Waals surface area contributed by atoms with Crippen LogP contribution in [-0.4, -0.2) is 18.7 Å². The second-order valence-corrected chi connectivity index (χ2v) is 4.76. The fraction of sp³-hybridized carbons (Fsp3) is 0.353. The molecule has 4 heteroatoms. The number of hydrogen-bond acceptors (Lipinski definition) is 4. The van der Waals surface area contributed by atoms with Crippen LogP contribution in [0.25, 0.3) is 0 Å². The van der Waals surface area contributed by atoms with Gasteiger partial charge in [-0.2, -0.15) is 0 Å². The second kappa shape index (κ2) is 7.64. The molecule has 112 valence electrons. The number of methoxy groups -OCH3 is 1. The van der Waals surface area contributed by atoms with E-state index in [0.717, 1.165) is 17.1 Å². The zero-order chi connectivity index (χ0) is 15.1. The molecule has 0 saturated heterocycles. The van der Waals surface area contributed by atoms with E-state index >= 15 is 0 Å². The number of ether oxygens (including phenoxy) is 2. The molecule has 1 N–H and O–H groups in total. The lowest BCUT2D eigenvalue weighted by Crippen LogP contribution is -2.18. The Morgan fingerprint density at radius 2 is 1.95 bits per heavy atom. The Hall–Kier alpha value is -2.07. The van der Waals surface area contributed by atoms with Gasteiger partial charge in [0.25, 0.3) is 0 Å². The number of nitrogens with one attached hydrogen (secondary N) is 1. The fourth-order valence-corrected chi connectivity index (χ4v) is 2.23. The van der Waals surface area contributed by atoms with Gasteiger partial charge in [-0.25, -0.2) is 0 Å². The summed E-state index contributed by atoms with van der Waals surface area (Å²) in [5.41, 5.74) is 2.30. The van der Waals surface area contributed by atoms with Crippen molar-refractivity contribution in [3.05, 3.63) is 53.9 Å². The first-order valence-corrected chi connectivity index (χ1v) is 7.18. The van der Waals surface area contributed by atoms with Crippen LogP contribution in [0.1, 0.15) is 31.0 Å². The average molecular weight is 286 g/mol. The standard InChI is InChI=1S/C17H22N2O2/c1-4-21-16-7-5-6-15(17(16)20-3)12-19-13(2)14-8-10-18-11-9-14/h5-11,13,19H,4,12H2,1-3H3/t13-/m1/s1. The predicted molar refractivity (Wildman–Crippen MR) is 83.7 cm³/mol. The molecular weight excluding hydrogens is 264 g/mol. The molecule has 0 saturated carbocycles. The molecule has 2 rings (SSSR count). The molecular formula is C17H22N2O2. The van der Waals surface area contributed by atoms with Gasteiger partial charge in [0.2, 0.25) is 0 Å². The smallest absolute Gasteiger partial charge is 0.165 e. The van der Waals surface area contributed by atoms with Gasteiger partial charge in [0, 0.05) is 30.5 Å². The first-order chi connectivity index (χ1) is 10.3. The maximum absolute atomic E-state index is 5.60.